The van der Waals surface area contributed by atoms with Crippen LogP contribution in [0.2, 0.25) is 0 Å². The molecule has 0 spiro atoms. The fourth-order valence-corrected chi connectivity index (χ4v) is 4.24. The van der Waals surface area contributed by atoms with Gasteiger partial charge in [0.25, 0.3) is 0 Å². The summed E-state index contributed by atoms with van der Waals surface area (Å²) in [6.07, 6.45) is 4.35. The topological polar surface area (TPSA) is 52.0 Å². The molecule has 0 saturated carbocycles. The molecule has 17 heavy (non-hydrogen) atoms. The summed E-state index contributed by atoms with van der Waals surface area (Å²) in [6.45, 7) is 2.10. The summed E-state index contributed by atoms with van der Waals surface area (Å²) in [5.74, 6) is 0.932. The first kappa shape index (κ1) is 12.9. The highest BCUT2D eigenvalue weighted by molar-refractivity contribution is 7.91. The van der Waals surface area contributed by atoms with Crippen LogP contribution in [0, 0.1) is 0 Å². The molecule has 96 valence electrons. The molecule has 0 aromatic carbocycles. The highest BCUT2D eigenvalue weighted by atomic mass is 35.5. The summed E-state index contributed by atoms with van der Waals surface area (Å²) in [4.78, 5) is 0. The summed E-state index contributed by atoms with van der Waals surface area (Å²) < 4.78 is 24.9. The van der Waals surface area contributed by atoms with Gasteiger partial charge in [-0.25, -0.2) is 8.42 Å². The summed E-state index contributed by atoms with van der Waals surface area (Å²) in [7, 11) is -2.87. The highest BCUT2D eigenvalue weighted by Gasteiger charge is 2.31. The van der Waals surface area contributed by atoms with Crippen LogP contribution in [-0.4, -0.2) is 29.7 Å². The van der Waals surface area contributed by atoms with E-state index in [9.17, 15) is 8.42 Å². The van der Waals surface area contributed by atoms with E-state index in [1.165, 1.54) is 0 Å². The number of sulfone groups is 1. The predicted octanol–water partition coefficient (Wildman–Crippen LogP) is 1.93. The molecule has 4 nitrogen and oxygen atoms in total. The average molecular weight is 277 g/mol. The van der Waals surface area contributed by atoms with Gasteiger partial charge in [-0.05, 0) is 12.8 Å². The zero-order chi connectivity index (χ0) is 12.5. The number of aromatic nitrogens is 2. The normalized spacial score (nSPS) is 23.1. The first-order valence-corrected chi connectivity index (χ1v) is 8.24. The Morgan fingerprint density at radius 2 is 2.35 bits per heavy atom. The third-order valence-electron chi connectivity index (χ3n) is 3.17. The molecule has 1 saturated heterocycles. The van der Waals surface area contributed by atoms with Crippen LogP contribution in [0.4, 0.5) is 0 Å². The molecule has 1 unspecified atom stereocenters. The molecule has 6 heteroatoms. The molecule has 2 heterocycles. The van der Waals surface area contributed by atoms with Crippen LogP contribution in [0.3, 0.4) is 0 Å². The minimum atomic E-state index is -2.87. The zero-order valence-corrected chi connectivity index (χ0v) is 11.5. The van der Waals surface area contributed by atoms with Crippen molar-refractivity contribution in [2.45, 2.75) is 38.1 Å². The number of hydrogen-bond donors (Lipinski definition) is 0. The van der Waals surface area contributed by atoms with Crippen molar-refractivity contribution in [1.82, 2.24) is 9.78 Å². The lowest BCUT2D eigenvalue weighted by Crippen LogP contribution is -2.15. The predicted molar refractivity (Wildman–Crippen MR) is 68.1 cm³/mol. The van der Waals surface area contributed by atoms with Crippen molar-refractivity contribution in [3.05, 3.63) is 17.5 Å². The molecule has 0 aliphatic carbocycles. The third-order valence-corrected chi connectivity index (χ3v) is 5.21. The Balaban J connectivity index is 2.29. The number of nitrogens with zero attached hydrogens (tertiary/aromatic N) is 2. The molecule has 1 aromatic heterocycles. The maximum atomic E-state index is 11.5. The van der Waals surface area contributed by atoms with Crippen LogP contribution >= 0.6 is 11.6 Å². The van der Waals surface area contributed by atoms with Crippen LogP contribution in [0.5, 0.6) is 0 Å². The zero-order valence-electron chi connectivity index (χ0n) is 9.89. The van der Waals surface area contributed by atoms with Gasteiger partial charge < -0.3 is 0 Å². The lowest BCUT2D eigenvalue weighted by Gasteiger charge is -2.13. The standard InChI is InChI=1S/C11H17ClN2O2S/c1-2-3-11-9(6-12)7-13-14(11)10-4-5-17(15,16)8-10/h7,10H,2-6,8H2,1H3. The van der Waals surface area contributed by atoms with Gasteiger partial charge in [0.05, 0.1) is 29.6 Å². The van der Waals surface area contributed by atoms with Crippen LogP contribution in [0.15, 0.2) is 6.20 Å². The molecule has 0 radical (unpaired) electrons. The highest BCUT2D eigenvalue weighted by Crippen LogP contribution is 2.26. The minimum absolute atomic E-state index is 0.00137. The second-order valence-corrected chi connectivity index (χ2v) is 7.00. The monoisotopic (exact) mass is 276 g/mol. The number of hydrogen-bond acceptors (Lipinski definition) is 3. The fourth-order valence-electron chi connectivity index (χ4n) is 2.33. The van der Waals surface area contributed by atoms with Gasteiger partial charge in [0.15, 0.2) is 9.84 Å². The SMILES string of the molecule is CCCc1c(CCl)cnn1C1CCS(=O)(=O)C1. The fraction of sp³-hybridized carbons (Fsp3) is 0.727. The van der Waals surface area contributed by atoms with Gasteiger partial charge in [-0.1, -0.05) is 13.3 Å². The Morgan fingerprint density at radius 1 is 1.59 bits per heavy atom. The molecule has 1 aliphatic heterocycles. The van der Waals surface area contributed by atoms with Gasteiger partial charge in [-0.3, -0.25) is 4.68 Å². The Morgan fingerprint density at radius 3 is 2.88 bits per heavy atom. The molecule has 1 atom stereocenters. The van der Waals surface area contributed by atoms with Gasteiger partial charge >= 0.3 is 0 Å². The van der Waals surface area contributed by atoms with Crippen molar-refractivity contribution in [2.75, 3.05) is 11.5 Å². The van der Waals surface area contributed by atoms with E-state index in [4.69, 9.17) is 11.6 Å². The lowest BCUT2D eigenvalue weighted by atomic mass is 10.1. The number of alkyl halides is 1. The van der Waals surface area contributed by atoms with E-state index in [0.717, 1.165) is 24.1 Å². The van der Waals surface area contributed by atoms with Gasteiger partial charge in [-0.15, -0.1) is 11.6 Å². The lowest BCUT2D eigenvalue weighted by molar-refractivity contribution is 0.478. The van der Waals surface area contributed by atoms with Crippen LogP contribution in [-0.2, 0) is 22.1 Å². The molecule has 1 aliphatic rings. The summed E-state index contributed by atoms with van der Waals surface area (Å²) >= 11 is 5.87. The molecule has 1 fully saturated rings. The van der Waals surface area contributed by atoms with E-state index in [0.29, 0.717) is 12.3 Å². The van der Waals surface area contributed by atoms with Crippen molar-refractivity contribution in [1.29, 1.82) is 0 Å². The van der Waals surface area contributed by atoms with Gasteiger partial charge in [0, 0.05) is 11.3 Å². The smallest absolute Gasteiger partial charge is 0.152 e. The molecule has 0 bridgehead atoms. The van der Waals surface area contributed by atoms with Crippen molar-refractivity contribution in [3.63, 3.8) is 0 Å². The van der Waals surface area contributed by atoms with Crippen molar-refractivity contribution < 1.29 is 8.42 Å². The van der Waals surface area contributed by atoms with E-state index in [2.05, 4.69) is 12.0 Å². The van der Waals surface area contributed by atoms with Crippen molar-refractivity contribution in [2.24, 2.45) is 0 Å². The quantitative estimate of drug-likeness (QED) is 0.790. The maximum absolute atomic E-state index is 11.5. The van der Waals surface area contributed by atoms with E-state index in [1.54, 1.807) is 6.20 Å². The van der Waals surface area contributed by atoms with E-state index >= 15 is 0 Å². The van der Waals surface area contributed by atoms with Crippen LogP contribution in [0.25, 0.3) is 0 Å². The third kappa shape index (κ3) is 2.65. The van der Waals surface area contributed by atoms with Crippen molar-refractivity contribution >= 4 is 21.4 Å². The minimum Gasteiger partial charge on any atom is -0.265 e. The van der Waals surface area contributed by atoms with E-state index in [-0.39, 0.29) is 17.5 Å². The number of rotatable bonds is 4. The largest absolute Gasteiger partial charge is 0.265 e. The van der Waals surface area contributed by atoms with Crippen LogP contribution in [0.1, 0.15) is 37.1 Å². The first-order chi connectivity index (χ1) is 8.07. The Bertz CT molecular complexity index is 496. The number of halogens is 1. The molecule has 0 amide bonds. The maximum Gasteiger partial charge on any atom is 0.152 e. The second-order valence-electron chi connectivity index (χ2n) is 4.50. The first-order valence-electron chi connectivity index (χ1n) is 5.89. The molecule has 2 rings (SSSR count). The molecule has 1 aromatic rings. The Kier molecular flexibility index (Phi) is 3.78. The summed E-state index contributed by atoms with van der Waals surface area (Å²) in [5.41, 5.74) is 2.13. The van der Waals surface area contributed by atoms with Gasteiger partial charge in [-0.2, -0.15) is 5.10 Å². The molecule has 0 N–H and O–H groups in total. The Labute approximate surface area is 107 Å². The van der Waals surface area contributed by atoms with Gasteiger partial charge in [0.2, 0.25) is 0 Å². The summed E-state index contributed by atoms with van der Waals surface area (Å²) in [6, 6.07) is -0.00137. The van der Waals surface area contributed by atoms with E-state index < -0.39 is 9.84 Å². The molecular formula is C11H17ClN2O2S. The van der Waals surface area contributed by atoms with Crippen molar-refractivity contribution in [3.8, 4) is 0 Å². The average Bonchev–Trinajstić information content (AvgIpc) is 2.82. The van der Waals surface area contributed by atoms with Gasteiger partial charge in [0.1, 0.15) is 0 Å². The molecular weight excluding hydrogens is 260 g/mol. The van der Waals surface area contributed by atoms with Crippen LogP contribution < -0.4 is 0 Å². The summed E-state index contributed by atoms with van der Waals surface area (Å²) in [5, 5.41) is 4.32. The second kappa shape index (κ2) is 4.98. The Hall–Kier alpha value is -0.550. The van der Waals surface area contributed by atoms with E-state index in [1.807, 2.05) is 4.68 Å².